The fourth-order valence-electron chi connectivity index (χ4n) is 3.62. The lowest BCUT2D eigenvalue weighted by Gasteiger charge is -2.48. The molecule has 101 valence electrons. The molecule has 1 heterocycles. The van der Waals surface area contributed by atoms with Crippen molar-refractivity contribution in [3.63, 3.8) is 0 Å². The molecule has 1 fully saturated rings. The Morgan fingerprint density at radius 1 is 0.900 bits per heavy atom. The number of quaternary nitrogens is 1. The summed E-state index contributed by atoms with van der Waals surface area (Å²) in [5.74, 6) is 0. The number of nitrogens with zero attached hydrogens (tertiary/aromatic N) is 1. The molecule has 2 aromatic carbocycles. The molecular weight excluding hydrogens is 241 g/mol. The minimum absolute atomic E-state index is 0.0960. The summed E-state index contributed by atoms with van der Waals surface area (Å²) in [4.78, 5) is 0. The number of hydrogen-bond acceptors (Lipinski definition) is 0. The van der Waals surface area contributed by atoms with E-state index in [9.17, 15) is 0 Å². The van der Waals surface area contributed by atoms with Crippen LogP contribution in [0.25, 0.3) is 0 Å². The molecule has 0 bridgehead atoms. The van der Waals surface area contributed by atoms with Gasteiger partial charge in [0.15, 0.2) is 0 Å². The maximum absolute atomic E-state index is 6.81. The van der Waals surface area contributed by atoms with Crippen molar-refractivity contribution in [2.24, 2.45) is 0 Å². The minimum Gasteiger partial charge on any atom is -0.562 e. The van der Waals surface area contributed by atoms with Crippen LogP contribution in [0.1, 0.15) is 37.9 Å². The molecule has 0 spiro atoms. The van der Waals surface area contributed by atoms with Gasteiger partial charge in [-0.15, -0.1) is 0 Å². The molecule has 1 saturated heterocycles. The topological polar surface area (TPSA) is 0 Å². The van der Waals surface area contributed by atoms with E-state index in [1.165, 1.54) is 11.1 Å². The molecule has 1 nitrogen and oxygen atoms in total. The molecule has 0 saturated carbocycles. The van der Waals surface area contributed by atoms with Crippen LogP contribution in [-0.2, 0) is 5.54 Å². The van der Waals surface area contributed by atoms with E-state index in [4.69, 9.17) is 7.98 Å². The lowest BCUT2D eigenvalue weighted by molar-refractivity contribution is -0.775. The van der Waals surface area contributed by atoms with E-state index >= 15 is 0 Å². The Balaban J connectivity index is 1.98. The van der Waals surface area contributed by atoms with Crippen molar-refractivity contribution in [1.82, 2.24) is 0 Å². The second-order valence-corrected chi connectivity index (χ2v) is 6.36. The molecule has 20 heavy (non-hydrogen) atoms. The van der Waals surface area contributed by atoms with Crippen LogP contribution in [0.2, 0.25) is 0 Å². The Morgan fingerprint density at radius 2 is 1.40 bits per heavy atom. The first-order valence-electron chi connectivity index (χ1n) is 7.27. The summed E-state index contributed by atoms with van der Waals surface area (Å²) in [6.07, 6.45) is 0. The summed E-state index contributed by atoms with van der Waals surface area (Å²) in [7, 11) is 6.81. The van der Waals surface area contributed by atoms with Crippen LogP contribution < -0.4 is 0 Å². The molecule has 2 aromatic rings. The van der Waals surface area contributed by atoms with Gasteiger partial charge in [0.2, 0.25) is 0 Å². The molecule has 1 aliphatic rings. The van der Waals surface area contributed by atoms with Crippen LogP contribution in [0.4, 0.5) is 0 Å². The van der Waals surface area contributed by atoms with Crippen LogP contribution >= 0.6 is 0 Å². The average Bonchev–Trinajstić information content (AvgIpc) is 3.05. The van der Waals surface area contributed by atoms with Gasteiger partial charge in [0.05, 0.1) is 11.6 Å². The Kier molecular flexibility index (Phi) is 3.02. The zero-order valence-corrected chi connectivity index (χ0v) is 12.5. The fourth-order valence-corrected chi connectivity index (χ4v) is 3.62. The molecule has 3 radical (unpaired) electrons. The zero-order valence-electron chi connectivity index (χ0n) is 12.5. The van der Waals surface area contributed by atoms with Crippen LogP contribution in [0.3, 0.4) is 0 Å². The third-order valence-corrected chi connectivity index (χ3v) is 5.09. The summed E-state index contributed by atoms with van der Waals surface area (Å²) in [6.45, 7) is 6.76. The van der Waals surface area contributed by atoms with E-state index in [1.54, 1.807) is 0 Å². The lowest BCUT2D eigenvalue weighted by Crippen LogP contribution is -2.44. The molecule has 0 aliphatic carbocycles. The summed E-state index contributed by atoms with van der Waals surface area (Å²) in [6, 6.07) is 22.1. The quantitative estimate of drug-likeness (QED) is 0.580. The molecule has 3 atom stereocenters. The van der Waals surface area contributed by atoms with Crippen molar-refractivity contribution in [2.45, 2.75) is 38.4 Å². The van der Waals surface area contributed by atoms with Crippen molar-refractivity contribution in [2.75, 3.05) is 0 Å². The van der Waals surface area contributed by atoms with Crippen molar-refractivity contribution < 1.29 is 4.39 Å². The monoisotopic (exact) mass is 262 g/mol. The SMILES string of the molecule is [B-][N@+]1(C(C)(C)c2ccccc2)C(C)[C@@H]1c1ccccc1. The summed E-state index contributed by atoms with van der Waals surface area (Å²) < 4.78 is 0.584. The Labute approximate surface area is 123 Å². The molecular formula is C18H21BN. The van der Waals surface area contributed by atoms with E-state index in [0.29, 0.717) is 16.5 Å². The second-order valence-electron chi connectivity index (χ2n) is 6.36. The highest BCUT2D eigenvalue weighted by atomic mass is 15.5. The lowest BCUT2D eigenvalue weighted by atomic mass is 9.88. The van der Waals surface area contributed by atoms with Crippen molar-refractivity contribution in [3.8, 4) is 0 Å². The first-order chi connectivity index (χ1) is 9.49. The highest BCUT2D eigenvalue weighted by molar-refractivity contribution is 5.99. The third kappa shape index (κ3) is 1.75. The Bertz CT molecular complexity index is 593. The van der Waals surface area contributed by atoms with Crippen molar-refractivity contribution >= 4 is 7.98 Å². The molecule has 0 N–H and O–H groups in total. The first kappa shape index (κ1) is 13.4. The number of hydrogen-bond donors (Lipinski definition) is 0. The van der Waals surface area contributed by atoms with Crippen LogP contribution in [0.5, 0.6) is 0 Å². The molecule has 0 amide bonds. The molecule has 2 heteroatoms. The van der Waals surface area contributed by atoms with Gasteiger partial charge < -0.3 is 4.39 Å². The zero-order chi connectivity index (χ0) is 14.4. The summed E-state index contributed by atoms with van der Waals surface area (Å²) in [5, 5.41) is 0. The summed E-state index contributed by atoms with van der Waals surface area (Å²) in [5.41, 5.74) is 2.54. The molecule has 0 aromatic heterocycles. The second kappa shape index (κ2) is 4.49. The first-order valence-corrected chi connectivity index (χ1v) is 7.27. The van der Waals surface area contributed by atoms with E-state index in [-0.39, 0.29) is 5.54 Å². The van der Waals surface area contributed by atoms with Gasteiger partial charge in [0.1, 0.15) is 6.04 Å². The van der Waals surface area contributed by atoms with Crippen molar-refractivity contribution in [1.29, 1.82) is 0 Å². The van der Waals surface area contributed by atoms with Crippen molar-refractivity contribution in [3.05, 3.63) is 71.8 Å². The van der Waals surface area contributed by atoms with Gasteiger partial charge in [-0.05, 0) is 20.8 Å². The van der Waals surface area contributed by atoms with E-state index in [2.05, 4.69) is 81.4 Å². The highest BCUT2D eigenvalue weighted by Gasteiger charge is 2.58. The Hall–Kier alpha value is -1.54. The largest absolute Gasteiger partial charge is 0.562 e. The highest BCUT2D eigenvalue weighted by Crippen LogP contribution is 2.58. The molecule has 1 aliphatic heterocycles. The Morgan fingerprint density at radius 3 is 1.95 bits per heavy atom. The van der Waals surface area contributed by atoms with Gasteiger partial charge in [0, 0.05) is 11.1 Å². The van der Waals surface area contributed by atoms with Crippen LogP contribution in [0.15, 0.2) is 60.7 Å². The predicted octanol–water partition coefficient (Wildman–Crippen LogP) is 3.97. The predicted molar refractivity (Wildman–Crippen MR) is 84.1 cm³/mol. The average molecular weight is 262 g/mol. The number of benzene rings is 2. The van der Waals surface area contributed by atoms with E-state index in [1.807, 2.05) is 0 Å². The van der Waals surface area contributed by atoms with Gasteiger partial charge in [-0.3, -0.25) is 0 Å². The fraction of sp³-hybridized carbons (Fsp3) is 0.333. The van der Waals surface area contributed by atoms with Gasteiger partial charge in [-0.1, -0.05) is 60.7 Å². The van der Waals surface area contributed by atoms with Gasteiger partial charge in [0.25, 0.3) is 0 Å². The van der Waals surface area contributed by atoms with Gasteiger partial charge in [-0.25, -0.2) is 7.98 Å². The van der Waals surface area contributed by atoms with Crippen LogP contribution in [0, 0.1) is 0 Å². The normalized spacial score (nSPS) is 29.2. The third-order valence-electron chi connectivity index (χ3n) is 5.09. The number of rotatable bonds is 3. The van der Waals surface area contributed by atoms with E-state index < -0.39 is 0 Å². The smallest absolute Gasteiger partial charge is 0.118 e. The van der Waals surface area contributed by atoms with Gasteiger partial charge in [-0.2, -0.15) is 0 Å². The maximum Gasteiger partial charge on any atom is 0.118 e. The minimum atomic E-state index is -0.0960. The van der Waals surface area contributed by atoms with Crippen LogP contribution in [-0.4, -0.2) is 18.4 Å². The molecule has 1 unspecified atom stereocenters. The maximum atomic E-state index is 6.81. The summed E-state index contributed by atoms with van der Waals surface area (Å²) >= 11 is 0. The molecule has 3 rings (SSSR count). The standard InChI is InChI=1S/C18H21BN/c1-14-17(15-10-6-4-7-11-15)20(14,19)18(2,3)16-12-8-5-9-13-16/h4-14,17H,1-3H3/t14?,17-,20-/m1/s1. The van der Waals surface area contributed by atoms with E-state index in [0.717, 1.165) is 0 Å². The van der Waals surface area contributed by atoms with Gasteiger partial charge >= 0.3 is 0 Å².